The number of fused-ring (bicyclic) bond motifs is 2. The van der Waals surface area contributed by atoms with Gasteiger partial charge in [-0.15, -0.1) is 0 Å². The summed E-state index contributed by atoms with van der Waals surface area (Å²) in [6, 6.07) is 9.47. The van der Waals surface area contributed by atoms with Crippen molar-refractivity contribution in [1.82, 2.24) is 0 Å². The van der Waals surface area contributed by atoms with Crippen molar-refractivity contribution in [2.24, 2.45) is 0 Å². The van der Waals surface area contributed by atoms with Gasteiger partial charge in [0, 0.05) is 29.6 Å². The zero-order chi connectivity index (χ0) is 22.3. The molecule has 0 saturated carbocycles. The SMILES string of the molecule is Cc1cc(=O)oc2cc(OCC(=O)c3ccc4c(c3)CCCN4S(C)(=O)=O)c(Cl)cc12. The van der Waals surface area contributed by atoms with E-state index < -0.39 is 15.6 Å². The molecule has 0 fully saturated rings. The molecule has 162 valence electrons. The third kappa shape index (κ3) is 4.31. The lowest BCUT2D eigenvalue weighted by Crippen LogP contribution is -2.34. The summed E-state index contributed by atoms with van der Waals surface area (Å²) in [5, 5.41) is 0.986. The maximum Gasteiger partial charge on any atom is 0.336 e. The third-order valence-corrected chi connectivity index (χ3v) is 6.72. The summed E-state index contributed by atoms with van der Waals surface area (Å²) in [5.41, 5.74) is 2.41. The zero-order valence-electron chi connectivity index (χ0n) is 17.0. The molecule has 7 nitrogen and oxygen atoms in total. The van der Waals surface area contributed by atoms with Crippen LogP contribution in [0.15, 0.2) is 45.6 Å². The first kappa shape index (κ1) is 21.4. The number of benzene rings is 2. The number of carbonyl (C=O) groups excluding carboxylic acids is 1. The summed E-state index contributed by atoms with van der Waals surface area (Å²) in [6.45, 7) is 1.94. The first-order valence-electron chi connectivity index (χ1n) is 9.64. The Kier molecular flexibility index (Phi) is 5.53. The molecule has 0 N–H and O–H groups in total. The Morgan fingerprint density at radius 2 is 2.00 bits per heavy atom. The highest BCUT2D eigenvalue weighted by molar-refractivity contribution is 7.92. The van der Waals surface area contributed by atoms with Crippen molar-refractivity contribution in [2.75, 3.05) is 23.7 Å². The molecular weight excluding hydrogens is 442 g/mol. The Labute approximate surface area is 184 Å². The Hall–Kier alpha value is -2.84. The minimum absolute atomic E-state index is 0.234. The Morgan fingerprint density at radius 1 is 1.23 bits per heavy atom. The standard InChI is InChI=1S/C22H20ClNO6S/c1-13-8-22(26)30-20-11-21(17(23)10-16(13)20)29-12-19(25)15-5-6-18-14(9-15)4-3-7-24(18)31(2,27)28/h5-6,8-11H,3-4,7,12H2,1-2H3. The number of hydrogen-bond donors (Lipinski definition) is 0. The highest BCUT2D eigenvalue weighted by atomic mass is 35.5. The van der Waals surface area contributed by atoms with E-state index >= 15 is 0 Å². The number of nitrogens with zero attached hydrogens (tertiary/aromatic N) is 1. The Balaban J connectivity index is 1.56. The fourth-order valence-electron chi connectivity index (χ4n) is 3.74. The van der Waals surface area contributed by atoms with Crippen molar-refractivity contribution in [3.8, 4) is 5.75 Å². The van der Waals surface area contributed by atoms with Crippen LogP contribution in [0.3, 0.4) is 0 Å². The van der Waals surface area contributed by atoms with Gasteiger partial charge in [0.2, 0.25) is 10.0 Å². The van der Waals surface area contributed by atoms with Crippen LogP contribution in [0.1, 0.15) is 27.9 Å². The summed E-state index contributed by atoms with van der Waals surface area (Å²) >= 11 is 6.28. The van der Waals surface area contributed by atoms with Crippen LogP contribution < -0.4 is 14.7 Å². The van der Waals surface area contributed by atoms with E-state index in [1.807, 2.05) is 0 Å². The predicted molar refractivity (Wildman–Crippen MR) is 119 cm³/mol. The van der Waals surface area contributed by atoms with Crippen LogP contribution in [0.25, 0.3) is 11.0 Å². The Morgan fingerprint density at radius 3 is 2.74 bits per heavy atom. The van der Waals surface area contributed by atoms with Gasteiger partial charge in [0.25, 0.3) is 0 Å². The largest absolute Gasteiger partial charge is 0.484 e. The molecule has 0 unspecified atom stereocenters. The van der Waals surface area contributed by atoms with Gasteiger partial charge in [0.05, 0.1) is 17.0 Å². The molecule has 4 rings (SSSR count). The molecule has 0 saturated heterocycles. The first-order valence-corrected chi connectivity index (χ1v) is 11.9. The number of hydrogen-bond acceptors (Lipinski definition) is 6. The van der Waals surface area contributed by atoms with Crippen LogP contribution in [0.5, 0.6) is 5.75 Å². The van der Waals surface area contributed by atoms with Crippen LogP contribution in [0, 0.1) is 6.92 Å². The van der Waals surface area contributed by atoms with Crippen LogP contribution in [0.4, 0.5) is 5.69 Å². The minimum atomic E-state index is -3.37. The third-order valence-electron chi connectivity index (χ3n) is 5.24. The molecule has 0 bridgehead atoms. The lowest BCUT2D eigenvalue weighted by Gasteiger charge is -2.29. The summed E-state index contributed by atoms with van der Waals surface area (Å²) in [4.78, 5) is 24.3. The van der Waals surface area contributed by atoms with Crippen molar-refractivity contribution >= 4 is 44.1 Å². The smallest absolute Gasteiger partial charge is 0.336 e. The molecule has 31 heavy (non-hydrogen) atoms. The van der Waals surface area contributed by atoms with Crippen LogP contribution in [0.2, 0.25) is 5.02 Å². The van der Waals surface area contributed by atoms with E-state index in [2.05, 4.69) is 0 Å². The number of ether oxygens (including phenoxy) is 1. The van der Waals surface area contributed by atoms with Gasteiger partial charge in [-0.25, -0.2) is 13.2 Å². The van der Waals surface area contributed by atoms with E-state index in [4.69, 9.17) is 20.8 Å². The normalized spacial score (nSPS) is 13.8. The molecular formula is C22H20ClNO6S. The fraction of sp³-hybridized carbons (Fsp3) is 0.273. The first-order chi connectivity index (χ1) is 14.6. The number of aryl methyl sites for hydroxylation is 2. The van der Waals surface area contributed by atoms with Gasteiger partial charge in [-0.1, -0.05) is 11.6 Å². The van der Waals surface area contributed by atoms with Gasteiger partial charge < -0.3 is 9.15 Å². The van der Waals surface area contributed by atoms with E-state index in [1.54, 1.807) is 31.2 Å². The number of sulfonamides is 1. The highest BCUT2D eigenvalue weighted by Gasteiger charge is 2.24. The van der Waals surface area contributed by atoms with Crippen molar-refractivity contribution in [3.05, 3.63) is 68.5 Å². The molecule has 0 radical (unpaired) electrons. The quantitative estimate of drug-likeness (QED) is 0.424. The number of anilines is 1. The number of ketones is 1. The summed E-state index contributed by atoms with van der Waals surface area (Å²) in [5.74, 6) is -0.0429. The average Bonchev–Trinajstić information content (AvgIpc) is 2.71. The minimum Gasteiger partial charge on any atom is -0.484 e. The second-order valence-electron chi connectivity index (χ2n) is 7.52. The highest BCUT2D eigenvalue weighted by Crippen LogP contribution is 2.32. The predicted octanol–water partition coefficient (Wildman–Crippen LogP) is 3.73. The molecule has 9 heteroatoms. The van der Waals surface area contributed by atoms with Gasteiger partial charge in [-0.05, 0) is 55.2 Å². The lowest BCUT2D eigenvalue weighted by atomic mass is 9.99. The monoisotopic (exact) mass is 461 g/mol. The zero-order valence-corrected chi connectivity index (χ0v) is 18.5. The molecule has 1 aliphatic rings. The second-order valence-corrected chi connectivity index (χ2v) is 9.84. The lowest BCUT2D eigenvalue weighted by molar-refractivity contribution is 0.0921. The second kappa shape index (κ2) is 8.01. The molecule has 0 spiro atoms. The maximum atomic E-state index is 12.7. The van der Waals surface area contributed by atoms with Crippen LogP contribution >= 0.6 is 11.6 Å². The molecule has 1 aromatic heterocycles. The van der Waals surface area contributed by atoms with Gasteiger partial charge in [0.1, 0.15) is 11.3 Å². The summed E-state index contributed by atoms with van der Waals surface area (Å²) in [7, 11) is -3.37. The van der Waals surface area contributed by atoms with Crippen LogP contribution in [-0.2, 0) is 16.4 Å². The number of rotatable bonds is 5. The molecule has 0 atom stereocenters. The van der Waals surface area contributed by atoms with E-state index in [-0.39, 0.29) is 18.1 Å². The summed E-state index contributed by atoms with van der Waals surface area (Å²) < 4.78 is 36.2. The topological polar surface area (TPSA) is 93.9 Å². The van der Waals surface area contributed by atoms with Gasteiger partial charge in [-0.3, -0.25) is 9.10 Å². The van der Waals surface area contributed by atoms with Crippen molar-refractivity contribution in [3.63, 3.8) is 0 Å². The number of carbonyl (C=O) groups is 1. The molecule has 3 aromatic rings. The van der Waals surface area contributed by atoms with Gasteiger partial charge in [0.15, 0.2) is 12.4 Å². The van der Waals surface area contributed by atoms with E-state index in [0.717, 1.165) is 11.1 Å². The summed E-state index contributed by atoms with van der Waals surface area (Å²) in [6.07, 6.45) is 2.55. The van der Waals surface area contributed by atoms with E-state index in [9.17, 15) is 18.0 Å². The van der Waals surface area contributed by atoms with Crippen LogP contribution in [-0.4, -0.2) is 33.6 Å². The van der Waals surface area contributed by atoms with Gasteiger partial charge in [-0.2, -0.15) is 0 Å². The maximum absolute atomic E-state index is 12.7. The van der Waals surface area contributed by atoms with E-state index in [1.165, 1.54) is 22.7 Å². The molecule has 0 amide bonds. The Bertz CT molecular complexity index is 1360. The van der Waals surface area contributed by atoms with Crippen molar-refractivity contribution < 1.29 is 22.4 Å². The van der Waals surface area contributed by atoms with Gasteiger partial charge >= 0.3 is 5.63 Å². The van der Waals surface area contributed by atoms with E-state index in [0.29, 0.717) is 46.6 Å². The molecule has 1 aliphatic heterocycles. The molecule has 2 aromatic carbocycles. The molecule has 0 aliphatic carbocycles. The molecule has 2 heterocycles. The number of halogens is 1. The average molecular weight is 462 g/mol. The van der Waals surface area contributed by atoms with Crippen molar-refractivity contribution in [1.29, 1.82) is 0 Å². The fourth-order valence-corrected chi connectivity index (χ4v) is 4.95. The number of Topliss-reactive ketones (excluding diaryl/α,β-unsaturated/α-hetero) is 1. The van der Waals surface area contributed by atoms with Crippen molar-refractivity contribution in [2.45, 2.75) is 19.8 Å².